The van der Waals surface area contributed by atoms with E-state index in [-0.39, 0.29) is 11.3 Å². The summed E-state index contributed by atoms with van der Waals surface area (Å²) in [4.78, 5) is 32.4. The van der Waals surface area contributed by atoms with Crippen LogP contribution >= 0.6 is 0 Å². The molecule has 3 nitrogen and oxygen atoms in total. The topological polar surface area (TPSA) is 51.2 Å². The first-order valence-electron chi connectivity index (χ1n) is 4.30. The molecule has 0 bridgehead atoms. The lowest BCUT2D eigenvalue weighted by atomic mass is 10.0. The Hall–Kier alpha value is -1.77. The molecule has 0 heterocycles. The Kier molecular flexibility index (Phi) is 3.29. The van der Waals surface area contributed by atoms with Crippen molar-refractivity contribution in [3.8, 4) is 0 Å². The zero-order chi connectivity index (χ0) is 10.6. The van der Waals surface area contributed by atoms with Crippen molar-refractivity contribution >= 4 is 18.4 Å². The van der Waals surface area contributed by atoms with E-state index in [1.165, 1.54) is 18.2 Å². The fourth-order valence-electron chi connectivity index (χ4n) is 1.20. The molecule has 1 aromatic carbocycles. The van der Waals surface area contributed by atoms with Crippen molar-refractivity contribution in [3.63, 3.8) is 0 Å². The molecule has 14 heavy (non-hydrogen) atoms. The van der Waals surface area contributed by atoms with E-state index in [9.17, 15) is 14.4 Å². The SMILES string of the molecule is CCC(=O)c1ccc(C=O)cc1C=O. The number of carbonyl (C=O) groups excluding carboxylic acids is 3. The van der Waals surface area contributed by atoms with Crippen molar-refractivity contribution in [1.82, 2.24) is 0 Å². The van der Waals surface area contributed by atoms with Crippen molar-refractivity contribution in [2.24, 2.45) is 0 Å². The molecule has 0 atom stereocenters. The monoisotopic (exact) mass is 190 g/mol. The van der Waals surface area contributed by atoms with E-state index >= 15 is 0 Å². The molecule has 0 radical (unpaired) electrons. The number of Topliss-reactive ketones (excluding diaryl/α,β-unsaturated/α-hetero) is 1. The molecule has 0 aromatic heterocycles. The van der Waals surface area contributed by atoms with E-state index in [4.69, 9.17) is 0 Å². The average Bonchev–Trinajstić information content (AvgIpc) is 2.27. The maximum Gasteiger partial charge on any atom is 0.163 e. The van der Waals surface area contributed by atoms with Crippen molar-refractivity contribution in [3.05, 3.63) is 34.9 Å². The molecular formula is C11H10O3. The summed E-state index contributed by atoms with van der Waals surface area (Å²) in [6.45, 7) is 1.73. The minimum absolute atomic E-state index is 0.0930. The van der Waals surface area contributed by atoms with Crippen LogP contribution in [0.4, 0.5) is 0 Å². The van der Waals surface area contributed by atoms with Crippen LogP contribution in [0.2, 0.25) is 0 Å². The first-order valence-corrected chi connectivity index (χ1v) is 4.30. The van der Waals surface area contributed by atoms with Crippen LogP contribution in [0.3, 0.4) is 0 Å². The van der Waals surface area contributed by atoms with Crippen LogP contribution in [0.5, 0.6) is 0 Å². The number of hydrogen-bond donors (Lipinski definition) is 0. The van der Waals surface area contributed by atoms with Crippen LogP contribution in [0.1, 0.15) is 44.4 Å². The lowest BCUT2D eigenvalue weighted by Gasteiger charge is -2.01. The Labute approximate surface area is 81.7 Å². The summed E-state index contributed by atoms with van der Waals surface area (Å²) < 4.78 is 0. The summed E-state index contributed by atoms with van der Waals surface area (Å²) in [6.07, 6.45) is 1.59. The van der Waals surface area contributed by atoms with E-state index in [1.54, 1.807) is 6.92 Å². The molecule has 0 N–H and O–H groups in total. The van der Waals surface area contributed by atoms with Crippen LogP contribution in [-0.2, 0) is 0 Å². The predicted octanol–water partition coefficient (Wildman–Crippen LogP) is 1.90. The molecule has 0 spiro atoms. The standard InChI is InChI=1S/C11H10O3/c1-2-11(14)10-4-3-8(6-12)5-9(10)7-13/h3-7H,2H2,1H3. The molecular weight excluding hydrogens is 180 g/mol. The number of ketones is 1. The summed E-state index contributed by atoms with van der Waals surface area (Å²) >= 11 is 0. The van der Waals surface area contributed by atoms with Gasteiger partial charge in [-0.05, 0) is 12.1 Å². The fraction of sp³-hybridized carbons (Fsp3) is 0.182. The molecule has 1 rings (SSSR count). The molecule has 0 saturated carbocycles. The largest absolute Gasteiger partial charge is 0.298 e. The molecule has 72 valence electrons. The van der Waals surface area contributed by atoms with Crippen LogP contribution in [0.15, 0.2) is 18.2 Å². The predicted molar refractivity (Wildman–Crippen MR) is 51.8 cm³/mol. The maximum atomic E-state index is 11.3. The third kappa shape index (κ3) is 1.93. The van der Waals surface area contributed by atoms with Gasteiger partial charge in [0.15, 0.2) is 12.1 Å². The first kappa shape index (κ1) is 10.3. The molecule has 0 aliphatic rings. The third-order valence-corrected chi connectivity index (χ3v) is 1.96. The van der Waals surface area contributed by atoms with Gasteiger partial charge in [0.25, 0.3) is 0 Å². The van der Waals surface area contributed by atoms with E-state index in [2.05, 4.69) is 0 Å². The Morgan fingerprint density at radius 3 is 2.50 bits per heavy atom. The van der Waals surface area contributed by atoms with Gasteiger partial charge in [-0.25, -0.2) is 0 Å². The normalized spacial score (nSPS) is 9.50. The van der Waals surface area contributed by atoms with E-state index in [0.29, 0.717) is 30.1 Å². The van der Waals surface area contributed by atoms with Gasteiger partial charge >= 0.3 is 0 Å². The van der Waals surface area contributed by atoms with Gasteiger partial charge in [-0.2, -0.15) is 0 Å². The first-order chi connectivity index (χ1) is 6.72. The highest BCUT2D eigenvalue weighted by molar-refractivity contribution is 6.03. The summed E-state index contributed by atoms with van der Waals surface area (Å²) in [5, 5.41) is 0. The minimum atomic E-state index is -0.0930. The van der Waals surface area contributed by atoms with Gasteiger partial charge in [-0.1, -0.05) is 13.0 Å². The highest BCUT2D eigenvalue weighted by Gasteiger charge is 2.09. The zero-order valence-corrected chi connectivity index (χ0v) is 7.82. The number of carbonyl (C=O) groups is 3. The number of hydrogen-bond acceptors (Lipinski definition) is 3. The Bertz CT molecular complexity index is 380. The molecule has 0 aliphatic carbocycles. The molecule has 0 saturated heterocycles. The molecule has 3 heteroatoms. The van der Waals surface area contributed by atoms with Crippen molar-refractivity contribution in [2.45, 2.75) is 13.3 Å². The van der Waals surface area contributed by atoms with E-state index in [0.717, 1.165) is 0 Å². The van der Waals surface area contributed by atoms with Crippen LogP contribution in [0.25, 0.3) is 0 Å². The highest BCUT2D eigenvalue weighted by atomic mass is 16.1. The van der Waals surface area contributed by atoms with Gasteiger partial charge in [0.2, 0.25) is 0 Å². The summed E-state index contributed by atoms with van der Waals surface area (Å²) in [7, 11) is 0. The quantitative estimate of drug-likeness (QED) is 0.538. The average molecular weight is 190 g/mol. The second kappa shape index (κ2) is 4.46. The van der Waals surface area contributed by atoms with Crippen LogP contribution < -0.4 is 0 Å². The molecule has 0 amide bonds. The fourth-order valence-corrected chi connectivity index (χ4v) is 1.20. The van der Waals surface area contributed by atoms with E-state index < -0.39 is 0 Å². The van der Waals surface area contributed by atoms with Gasteiger partial charge < -0.3 is 0 Å². The second-order valence-electron chi connectivity index (χ2n) is 2.86. The molecule has 0 unspecified atom stereocenters. The molecule has 0 fully saturated rings. The minimum Gasteiger partial charge on any atom is -0.298 e. The van der Waals surface area contributed by atoms with Crippen molar-refractivity contribution < 1.29 is 14.4 Å². The number of aldehydes is 2. The third-order valence-electron chi connectivity index (χ3n) is 1.96. The lowest BCUT2D eigenvalue weighted by Crippen LogP contribution is -2.02. The van der Waals surface area contributed by atoms with Crippen molar-refractivity contribution in [1.29, 1.82) is 0 Å². The summed E-state index contributed by atoms with van der Waals surface area (Å²) in [6, 6.07) is 4.46. The molecule has 0 aliphatic heterocycles. The highest BCUT2D eigenvalue weighted by Crippen LogP contribution is 2.11. The Morgan fingerprint density at radius 2 is 2.00 bits per heavy atom. The second-order valence-corrected chi connectivity index (χ2v) is 2.86. The zero-order valence-electron chi connectivity index (χ0n) is 7.82. The summed E-state index contributed by atoms with van der Waals surface area (Å²) in [5.74, 6) is -0.0930. The van der Waals surface area contributed by atoms with Gasteiger partial charge in [0.1, 0.15) is 6.29 Å². The van der Waals surface area contributed by atoms with Crippen LogP contribution in [-0.4, -0.2) is 18.4 Å². The van der Waals surface area contributed by atoms with Gasteiger partial charge in [0, 0.05) is 23.1 Å². The van der Waals surface area contributed by atoms with Gasteiger partial charge in [-0.15, -0.1) is 0 Å². The van der Waals surface area contributed by atoms with E-state index in [1.807, 2.05) is 0 Å². The van der Waals surface area contributed by atoms with Crippen molar-refractivity contribution in [2.75, 3.05) is 0 Å². The molecule has 1 aromatic rings. The maximum absolute atomic E-state index is 11.3. The van der Waals surface area contributed by atoms with Gasteiger partial charge in [0.05, 0.1) is 0 Å². The number of rotatable bonds is 4. The smallest absolute Gasteiger partial charge is 0.163 e. The number of benzene rings is 1. The Morgan fingerprint density at radius 1 is 1.29 bits per heavy atom. The van der Waals surface area contributed by atoms with Crippen LogP contribution in [0, 0.1) is 0 Å². The van der Waals surface area contributed by atoms with Gasteiger partial charge in [-0.3, -0.25) is 14.4 Å². The summed E-state index contributed by atoms with van der Waals surface area (Å²) in [5.41, 5.74) is 1.06. The lowest BCUT2D eigenvalue weighted by molar-refractivity contribution is 0.0981. The Balaban J connectivity index is 3.24.